The topological polar surface area (TPSA) is 66.8 Å². The number of ether oxygens (including phenoxy) is 1. The summed E-state index contributed by atoms with van der Waals surface area (Å²) in [5, 5.41) is 8.54. The van der Waals surface area contributed by atoms with Gasteiger partial charge in [0.15, 0.2) is 0 Å². The van der Waals surface area contributed by atoms with Crippen LogP contribution in [0.1, 0.15) is 5.56 Å². The minimum Gasteiger partial charge on any atom is -0.497 e. The van der Waals surface area contributed by atoms with Crippen LogP contribution in [0.5, 0.6) is 5.75 Å². The predicted molar refractivity (Wildman–Crippen MR) is 67.3 cm³/mol. The summed E-state index contributed by atoms with van der Waals surface area (Å²) in [6.45, 7) is -0.314. The van der Waals surface area contributed by atoms with E-state index >= 15 is 0 Å². The third kappa shape index (κ3) is 4.29. The van der Waals surface area contributed by atoms with E-state index in [1.54, 1.807) is 37.5 Å². The Morgan fingerprint density at radius 2 is 1.94 bits per heavy atom. The molecule has 1 aromatic carbocycles. The second kappa shape index (κ2) is 6.44. The highest BCUT2D eigenvalue weighted by atomic mass is 16.5. The summed E-state index contributed by atoms with van der Waals surface area (Å²) in [5.74, 6) is -0.654. The van der Waals surface area contributed by atoms with E-state index in [1.807, 2.05) is 0 Å². The van der Waals surface area contributed by atoms with E-state index in [-0.39, 0.29) is 12.5 Å². The molecule has 0 saturated carbocycles. The number of hydrogen-bond acceptors (Lipinski definition) is 3. The van der Waals surface area contributed by atoms with Crippen LogP contribution in [0.3, 0.4) is 0 Å². The van der Waals surface area contributed by atoms with Crippen molar-refractivity contribution >= 4 is 18.0 Å². The fraction of sp³-hybridized carbons (Fsp3) is 0.231. The van der Waals surface area contributed by atoms with Gasteiger partial charge in [-0.3, -0.25) is 9.59 Å². The lowest BCUT2D eigenvalue weighted by Crippen LogP contribution is -2.30. The number of nitrogens with zero attached hydrogens (tertiary/aromatic N) is 1. The summed E-state index contributed by atoms with van der Waals surface area (Å²) in [7, 11) is 3.02. The number of rotatable bonds is 5. The highest BCUT2D eigenvalue weighted by Crippen LogP contribution is 2.12. The van der Waals surface area contributed by atoms with Gasteiger partial charge in [0.1, 0.15) is 12.3 Å². The van der Waals surface area contributed by atoms with Gasteiger partial charge in [0.25, 0.3) is 0 Å². The van der Waals surface area contributed by atoms with Crippen LogP contribution in [0.25, 0.3) is 6.08 Å². The summed E-state index contributed by atoms with van der Waals surface area (Å²) < 4.78 is 5.01. The Kier molecular flexibility index (Phi) is 4.92. The fourth-order valence-corrected chi connectivity index (χ4v) is 1.29. The summed E-state index contributed by atoms with van der Waals surface area (Å²) in [4.78, 5) is 23.1. The number of carbonyl (C=O) groups excluding carboxylic acids is 1. The maximum Gasteiger partial charge on any atom is 0.323 e. The van der Waals surface area contributed by atoms with Crippen LogP contribution in [-0.2, 0) is 9.59 Å². The molecule has 0 radical (unpaired) electrons. The minimum atomic E-state index is -1.04. The zero-order valence-corrected chi connectivity index (χ0v) is 10.3. The Labute approximate surface area is 105 Å². The molecule has 1 amide bonds. The molecule has 0 unspecified atom stereocenters. The van der Waals surface area contributed by atoms with Crippen molar-refractivity contribution in [1.29, 1.82) is 0 Å². The molecule has 0 aliphatic rings. The van der Waals surface area contributed by atoms with Gasteiger partial charge in [-0.1, -0.05) is 12.1 Å². The quantitative estimate of drug-likeness (QED) is 0.797. The molecule has 0 atom stereocenters. The number of amides is 1. The standard InChI is InChI=1S/C13H15NO4/c1-14(9-13(16)17)12(15)8-5-10-3-6-11(18-2)7-4-10/h3-8H,9H2,1-2H3,(H,16,17). The first-order valence-electron chi connectivity index (χ1n) is 5.32. The van der Waals surface area contributed by atoms with Crippen LogP contribution in [0, 0.1) is 0 Å². The lowest BCUT2D eigenvalue weighted by atomic mass is 10.2. The Morgan fingerprint density at radius 1 is 1.33 bits per heavy atom. The number of carboxylic acids is 1. The first kappa shape index (κ1) is 13.8. The van der Waals surface area contributed by atoms with Gasteiger partial charge in [-0.05, 0) is 23.8 Å². The number of hydrogen-bond donors (Lipinski definition) is 1. The van der Waals surface area contributed by atoms with Crippen molar-refractivity contribution in [1.82, 2.24) is 4.90 Å². The van der Waals surface area contributed by atoms with Crippen molar-refractivity contribution in [2.24, 2.45) is 0 Å². The molecule has 18 heavy (non-hydrogen) atoms. The summed E-state index contributed by atoms with van der Waals surface area (Å²) >= 11 is 0. The molecule has 5 nitrogen and oxygen atoms in total. The van der Waals surface area contributed by atoms with E-state index in [0.717, 1.165) is 16.2 Å². The number of likely N-dealkylation sites (N-methyl/N-ethyl adjacent to an activating group) is 1. The molecule has 1 rings (SSSR count). The second-order valence-electron chi connectivity index (χ2n) is 3.69. The van der Waals surface area contributed by atoms with Crippen LogP contribution in [-0.4, -0.2) is 42.6 Å². The fourth-order valence-electron chi connectivity index (χ4n) is 1.29. The van der Waals surface area contributed by atoms with Gasteiger partial charge in [0.05, 0.1) is 7.11 Å². The molecule has 1 aromatic rings. The lowest BCUT2D eigenvalue weighted by Gasteiger charge is -2.11. The first-order chi connectivity index (χ1) is 8.52. The Hall–Kier alpha value is -2.30. The van der Waals surface area contributed by atoms with Crippen molar-refractivity contribution in [3.8, 4) is 5.75 Å². The number of methoxy groups -OCH3 is 1. The van der Waals surface area contributed by atoms with Gasteiger partial charge in [0, 0.05) is 13.1 Å². The summed E-state index contributed by atoms with van der Waals surface area (Å²) in [5.41, 5.74) is 0.841. The number of benzene rings is 1. The molecule has 0 aromatic heterocycles. The maximum absolute atomic E-state index is 11.5. The highest BCUT2D eigenvalue weighted by Gasteiger charge is 2.08. The molecule has 0 aliphatic carbocycles. The normalized spacial score (nSPS) is 10.3. The molecule has 1 N–H and O–H groups in total. The zero-order valence-electron chi connectivity index (χ0n) is 10.3. The maximum atomic E-state index is 11.5. The highest BCUT2D eigenvalue weighted by molar-refractivity contribution is 5.93. The van der Waals surface area contributed by atoms with Crippen molar-refractivity contribution in [2.45, 2.75) is 0 Å². The molecule has 0 fully saturated rings. The van der Waals surface area contributed by atoms with E-state index in [4.69, 9.17) is 9.84 Å². The monoisotopic (exact) mass is 249 g/mol. The summed E-state index contributed by atoms with van der Waals surface area (Å²) in [6.07, 6.45) is 2.96. The van der Waals surface area contributed by atoms with E-state index in [9.17, 15) is 9.59 Å². The molecule has 96 valence electrons. The molecule has 5 heteroatoms. The second-order valence-corrected chi connectivity index (χ2v) is 3.69. The van der Waals surface area contributed by atoms with E-state index < -0.39 is 5.97 Å². The summed E-state index contributed by atoms with van der Waals surface area (Å²) in [6, 6.07) is 7.18. The SMILES string of the molecule is COc1ccc(C=CC(=O)N(C)CC(=O)O)cc1. The van der Waals surface area contributed by atoms with Crippen molar-refractivity contribution in [3.63, 3.8) is 0 Å². The molecule has 0 saturated heterocycles. The number of carbonyl (C=O) groups is 2. The van der Waals surface area contributed by atoms with E-state index in [1.165, 1.54) is 13.1 Å². The number of carboxylic acid groups (broad SMARTS) is 1. The van der Waals surface area contributed by atoms with Gasteiger partial charge in [-0.2, -0.15) is 0 Å². The van der Waals surface area contributed by atoms with Gasteiger partial charge in [-0.25, -0.2) is 0 Å². The molecule has 0 bridgehead atoms. The van der Waals surface area contributed by atoms with Crippen molar-refractivity contribution in [2.75, 3.05) is 20.7 Å². The molecular formula is C13H15NO4. The Morgan fingerprint density at radius 3 is 2.44 bits per heavy atom. The van der Waals surface area contributed by atoms with Gasteiger partial charge >= 0.3 is 5.97 Å². The van der Waals surface area contributed by atoms with Crippen LogP contribution < -0.4 is 4.74 Å². The van der Waals surface area contributed by atoms with E-state index in [2.05, 4.69) is 0 Å². The molecule has 0 heterocycles. The van der Waals surface area contributed by atoms with Crippen LogP contribution in [0.4, 0.5) is 0 Å². The minimum absolute atomic E-state index is 0.314. The smallest absolute Gasteiger partial charge is 0.323 e. The Balaban J connectivity index is 2.62. The van der Waals surface area contributed by atoms with Crippen LogP contribution in [0.2, 0.25) is 0 Å². The van der Waals surface area contributed by atoms with Crippen LogP contribution >= 0.6 is 0 Å². The Bertz CT molecular complexity index is 451. The van der Waals surface area contributed by atoms with Gasteiger partial charge in [-0.15, -0.1) is 0 Å². The average molecular weight is 249 g/mol. The van der Waals surface area contributed by atoms with Crippen molar-refractivity contribution < 1.29 is 19.4 Å². The van der Waals surface area contributed by atoms with Crippen molar-refractivity contribution in [3.05, 3.63) is 35.9 Å². The number of aliphatic carboxylic acids is 1. The molecule has 0 spiro atoms. The van der Waals surface area contributed by atoms with E-state index in [0.29, 0.717) is 0 Å². The van der Waals surface area contributed by atoms with Gasteiger partial charge < -0.3 is 14.7 Å². The zero-order chi connectivity index (χ0) is 13.5. The predicted octanol–water partition coefficient (Wildman–Crippen LogP) is 1.25. The lowest BCUT2D eigenvalue weighted by molar-refractivity contribution is -0.141. The van der Waals surface area contributed by atoms with Gasteiger partial charge in [0.2, 0.25) is 5.91 Å². The first-order valence-corrected chi connectivity index (χ1v) is 5.32. The van der Waals surface area contributed by atoms with Crippen LogP contribution in [0.15, 0.2) is 30.3 Å². The largest absolute Gasteiger partial charge is 0.497 e. The third-order valence-corrected chi connectivity index (χ3v) is 2.28. The molecular weight excluding hydrogens is 234 g/mol. The third-order valence-electron chi connectivity index (χ3n) is 2.28. The molecule has 0 aliphatic heterocycles. The average Bonchev–Trinajstić information content (AvgIpc) is 2.35.